The molecule has 0 aliphatic heterocycles. The van der Waals surface area contributed by atoms with Gasteiger partial charge in [0.05, 0.1) is 70.5 Å². The predicted octanol–water partition coefficient (Wildman–Crippen LogP) is 3.29. The first-order chi connectivity index (χ1) is 18.7. The molecule has 1 saturated carbocycles. The molecule has 0 radical (unpaired) electrons. The van der Waals surface area contributed by atoms with Crippen molar-refractivity contribution in [2.45, 2.75) is 63.4 Å². The van der Waals surface area contributed by atoms with Crippen molar-refractivity contribution in [1.82, 2.24) is 34.9 Å². The first-order valence-corrected chi connectivity index (χ1v) is 12.9. The molecule has 1 amide bonds. The van der Waals surface area contributed by atoms with Crippen molar-refractivity contribution in [3.63, 3.8) is 0 Å². The van der Waals surface area contributed by atoms with Crippen LogP contribution in [0.3, 0.4) is 0 Å². The maximum absolute atomic E-state index is 14.3. The van der Waals surface area contributed by atoms with Crippen molar-refractivity contribution >= 4 is 17.1 Å². The molecule has 1 aliphatic carbocycles. The van der Waals surface area contributed by atoms with E-state index in [0.717, 1.165) is 31.2 Å². The molecule has 1 fully saturated rings. The fourth-order valence-corrected chi connectivity index (χ4v) is 4.76. The van der Waals surface area contributed by atoms with E-state index in [9.17, 15) is 19.6 Å². The number of carbonyl (C=O) groups is 1. The number of halogens is 1. The van der Waals surface area contributed by atoms with Gasteiger partial charge in [-0.1, -0.05) is 0 Å². The zero-order valence-corrected chi connectivity index (χ0v) is 21.8. The van der Waals surface area contributed by atoms with Gasteiger partial charge < -0.3 is 15.7 Å². The highest BCUT2D eigenvalue weighted by atomic mass is 19.1. The Labute approximate surface area is 224 Å². The Morgan fingerprint density at radius 3 is 2.62 bits per heavy atom. The van der Waals surface area contributed by atoms with Crippen molar-refractivity contribution in [3.05, 3.63) is 60.2 Å². The zero-order chi connectivity index (χ0) is 27.6. The lowest BCUT2D eigenvalue weighted by Crippen LogP contribution is -2.42. The second kappa shape index (κ2) is 10.8. The van der Waals surface area contributed by atoms with Gasteiger partial charge in [0.1, 0.15) is 12.2 Å². The highest BCUT2D eigenvalue weighted by Gasteiger charge is 2.28. The minimum absolute atomic E-state index is 0.101. The summed E-state index contributed by atoms with van der Waals surface area (Å²) in [6.45, 7) is 2.38. The average Bonchev–Trinajstić information content (AvgIpc) is 3.61. The summed E-state index contributed by atoms with van der Waals surface area (Å²) in [4.78, 5) is 19.4. The summed E-state index contributed by atoms with van der Waals surface area (Å²) in [6.07, 6.45) is 8.14. The lowest BCUT2D eigenvalue weighted by atomic mass is 9.91. The van der Waals surface area contributed by atoms with Crippen LogP contribution < -0.4 is 10.6 Å². The van der Waals surface area contributed by atoms with Crippen LogP contribution in [0.15, 0.2) is 49.1 Å². The Morgan fingerprint density at radius 2 is 1.92 bits per heavy atom. The monoisotopic (exact) mass is 531 g/mol. The van der Waals surface area contributed by atoms with Gasteiger partial charge in [0.15, 0.2) is 0 Å². The van der Waals surface area contributed by atoms with Crippen molar-refractivity contribution in [2.24, 2.45) is 0 Å². The van der Waals surface area contributed by atoms with E-state index >= 15 is 0 Å². The Balaban J connectivity index is 1.41. The molecule has 11 nitrogen and oxygen atoms in total. The van der Waals surface area contributed by atoms with Gasteiger partial charge in [-0.15, -0.1) is 0 Å². The smallest absolute Gasteiger partial charge is 0.255 e. The molecule has 12 heteroatoms. The molecule has 1 atom stereocenters. The number of fused-ring (bicyclic) bond motifs is 1. The normalized spacial score (nSPS) is 18.4. The molecule has 0 bridgehead atoms. The average molecular weight is 532 g/mol. The molecule has 1 aliphatic rings. The van der Waals surface area contributed by atoms with Gasteiger partial charge >= 0.3 is 0 Å². The minimum Gasteiger partial charge on any atom is -0.387 e. The molecule has 0 unspecified atom stereocenters. The second-order valence-electron chi connectivity index (χ2n) is 10.4. The second-order valence-corrected chi connectivity index (χ2v) is 10.4. The van der Waals surface area contributed by atoms with Crippen LogP contribution in [0.5, 0.6) is 0 Å². The van der Waals surface area contributed by atoms with Gasteiger partial charge in [-0.05, 0) is 63.8 Å². The maximum Gasteiger partial charge on any atom is 0.255 e. The standard InChI is InChI=1S/C27H30FN9O2/c1-27(2,39)25(28)16-31-26(38)21-15-30-23(24-8-7-20-11-17(13-29)14-34-36(20)24)12-22(21)35-18-3-5-19(6-4-18)37-32-9-10-33-37/h7-12,14-15,18-19,25,39H,3-6,16H2,1-2H3,(H,30,35)(H,31,38)/t18?,19?,25-/m1/s1. The Bertz CT molecular complexity index is 1500. The highest BCUT2D eigenvalue weighted by molar-refractivity contribution is 6.00. The lowest BCUT2D eigenvalue weighted by Gasteiger charge is -2.30. The number of nitrogens with zero attached hydrogens (tertiary/aromatic N) is 7. The van der Waals surface area contributed by atoms with Gasteiger partial charge in [-0.3, -0.25) is 9.78 Å². The number of aromatic nitrogens is 6. The minimum atomic E-state index is -1.63. The highest BCUT2D eigenvalue weighted by Crippen LogP contribution is 2.31. The number of alkyl halides is 1. The third-order valence-electron chi connectivity index (χ3n) is 7.07. The summed E-state index contributed by atoms with van der Waals surface area (Å²) in [6, 6.07) is 9.65. The number of nitriles is 1. The van der Waals surface area contributed by atoms with Gasteiger partial charge in [-0.25, -0.2) is 8.91 Å². The lowest BCUT2D eigenvalue weighted by molar-refractivity contribution is -0.00177. The van der Waals surface area contributed by atoms with E-state index in [4.69, 9.17) is 0 Å². The summed E-state index contributed by atoms with van der Waals surface area (Å²) in [5, 5.41) is 38.1. The number of hydrogen-bond acceptors (Lipinski definition) is 8. The SMILES string of the molecule is CC(C)(O)[C@H](F)CNC(=O)c1cnc(-c2ccc3cc(C#N)cnn23)cc1NC1CCC(n2nccn2)CC1. The third kappa shape index (κ3) is 5.73. The Kier molecular flexibility index (Phi) is 7.26. The molecule has 0 spiro atoms. The van der Waals surface area contributed by atoms with Gasteiger partial charge in [0.2, 0.25) is 0 Å². The van der Waals surface area contributed by atoms with Crippen LogP contribution in [0.1, 0.15) is 61.5 Å². The summed E-state index contributed by atoms with van der Waals surface area (Å²) in [5.74, 6) is -0.491. The van der Waals surface area contributed by atoms with E-state index in [1.165, 1.54) is 26.2 Å². The van der Waals surface area contributed by atoms with E-state index in [-0.39, 0.29) is 24.2 Å². The summed E-state index contributed by atoms with van der Waals surface area (Å²) >= 11 is 0. The Hall–Kier alpha value is -4.37. The molecule has 4 aromatic rings. The number of anilines is 1. The first kappa shape index (κ1) is 26.2. The Morgan fingerprint density at radius 1 is 1.18 bits per heavy atom. The van der Waals surface area contributed by atoms with Crippen LogP contribution >= 0.6 is 0 Å². The molecule has 3 N–H and O–H groups in total. The fourth-order valence-electron chi connectivity index (χ4n) is 4.76. The van der Waals surface area contributed by atoms with Crippen LogP contribution in [0.25, 0.3) is 16.9 Å². The molecular weight excluding hydrogens is 501 g/mol. The third-order valence-corrected chi connectivity index (χ3v) is 7.07. The molecule has 0 aromatic carbocycles. The molecular formula is C27H30FN9O2. The first-order valence-electron chi connectivity index (χ1n) is 12.9. The fraction of sp³-hybridized carbons (Fsp3) is 0.407. The quantitative estimate of drug-likeness (QED) is 0.314. The van der Waals surface area contributed by atoms with Crippen LogP contribution in [0, 0.1) is 11.3 Å². The molecule has 5 rings (SSSR count). The van der Waals surface area contributed by atoms with Crippen molar-refractivity contribution in [1.29, 1.82) is 5.26 Å². The van der Waals surface area contributed by atoms with Crippen LogP contribution in [-0.2, 0) is 0 Å². The number of pyridine rings is 1. The van der Waals surface area contributed by atoms with Gasteiger partial charge in [0, 0.05) is 12.2 Å². The number of amides is 1. The molecule has 39 heavy (non-hydrogen) atoms. The van der Waals surface area contributed by atoms with E-state index in [2.05, 4.69) is 37.0 Å². The van der Waals surface area contributed by atoms with Crippen LogP contribution in [0.2, 0.25) is 0 Å². The number of rotatable bonds is 8. The predicted molar refractivity (Wildman–Crippen MR) is 142 cm³/mol. The summed E-state index contributed by atoms with van der Waals surface area (Å²) in [7, 11) is 0. The largest absolute Gasteiger partial charge is 0.387 e. The van der Waals surface area contributed by atoms with E-state index in [1.807, 2.05) is 12.1 Å². The number of aliphatic hydroxyl groups is 1. The molecule has 0 saturated heterocycles. The van der Waals surface area contributed by atoms with E-state index in [1.54, 1.807) is 33.8 Å². The number of hydrogen-bond donors (Lipinski definition) is 3. The van der Waals surface area contributed by atoms with Crippen molar-refractivity contribution < 1.29 is 14.3 Å². The van der Waals surface area contributed by atoms with E-state index < -0.39 is 17.7 Å². The van der Waals surface area contributed by atoms with Gasteiger partial charge in [0.25, 0.3) is 5.91 Å². The topological polar surface area (TPSA) is 146 Å². The molecule has 4 aromatic heterocycles. The number of nitrogens with one attached hydrogen (secondary N) is 2. The van der Waals surface area contributed by atoms with Crippen molar-refractivity contribution in [2.75, 3.05) is 11.9 Å². The van der Waals surface area contributed by atoms with Crippen LogP contribution in [0.4, 0.5) is 10.1 Å². The summed E-state index contributed by atoms with van der Waals surface area (Å²) < 4.78 is 16.0. The maximum atomic E-state index is 14.3. The molecule has 202 valence electrons. The number of carbonyl (C=O) groups excluding carboxylic acids is 1. The van der Waals surface area contributed by atoms with Gasteiger partial charge in [-0.2, -0.15) is 25.4 Å². The summed E-state index contributed by atoms with van der Waals surface area (Å²) in [5.41, 5.74) is 1.75. The molecule has 4 heterocycles. The van der Waals surface area contributed by atoms with Crippen molar-refractivity contribution in [3.8, 4) is 17.5 Å². The van der Waals surface area contributed by atoms with Crippen LogP contribution in [-0.4, -0.2) is 65.0 Å². The zero-order valence-electron chi connectivity index (χ0n) is 21.8. The van der Waals surface area contributed by atoms with E-state index in [0.29, 0.717) is 22.6 Å².